The Kier molecular flexibility index (Phi) is 12.8. The summed E-state index contributed by atoms with van der Waals surface area (Å²) >= 11 is 0. The number of pyridine rings is 1. The van der Waals surface area contributed by atoms with Gasteiger partial charge in [-0.25, -0.2) is 4.98 Å². The van der Waals surface area contributed by atoms with Gasteiger partial charge in [0, 0.05) is 24.4 Å². The maximum Gasteiger partial charge on any atom is 0.278 e. The maximum atomic E-state index is 13.3. The lowest BCUT2D eigenvalue weighted by Gasteiger charge is -2.19. The predicted octanol–water partition coefficient (Wildman–Crippen LogP) is -1.88. The van der Waals surface area contributed by atoms with E-state index >= 15 is 0 Å². The van der Waals surface area contributed by atoms with Crippen molar-refractivity contribution in [1.29, 1.82) is 0 Å². The summed E-state index contributed by atoms with van der Waals surface area (Å²) in [6.45, 7) is 3.52. The van der Waals surface area contributed by atoms with Gasteiger partial charge in [-0.05, 0) is 37.0 Å². The zero-order valence-corrected chi connectivity index (χ0v) is 23.3. The number of fused-ring (bicyclic) bond motifs is 1. The van der Waals surface area contributed by atoms with E-state index in [1.54, 1.807) is 6.20 Å². The van der Waals surface area contributed by atoms with Gasteiger partial charge in [-0.2, -0.15) is 0 Å². The molecule has 0 saturated heterocycles. The van der Waals surface area contributed by atoms with Crippen molar-refractivity contribution in [2.45, 2.75) is 37.8 Å². The van der Waals surface area contributed by atoms with Crippen molar-refractivity contribution in [3.63, 3.8) is 0 Å². The molecule has 0 aliphatic carbocycles. The molecule has 1 heterocycles. The summed E-state index contributed by atoms with van der Waals surface area (Å²) in [4.78, 5) is 34.2. The minimum atomic E-state index is -0.702. The molecule has 0 spiro atoms. The number of carbonyl (C=O) groups excluding carboxylic acids is 2. The van der Waals surface area contributed by atoms with E-state index in [0.717, 1.165) is 48.6 Å². The van der Waals surface area contributed by atoms with Crippen LogP contribution >= 0.6 is 0 Å². The number of nitrogens with zero attached hydrogens (tertiary/aromatic N) is 1. The second-order valence-electron chi connectivity index (χ2n) is 9.68. The molecule has 0 aliphatic heterocycles. The minimum Gasteiger partial charge on any atom is -0.356 e. The molecule has 2 atom stereocenters. The number of aryl methyl sites for hydroxylation is 1. The molecule has 14 N–H and O–H groups in total. The molecule has 40 heavy (non-hydrogen) atoms. The molecule has 2 aromatic carbocycles. The number of amides is 2. The Morgan fingerprint density at radius 2 is 1.60 bits per heavy atom. The van der Waals surface area contributed by atoms with Gasteiger partial charge in [-0.1, -0.05) is 42.5 Å². The molecule has 2 amide bonds. The smallest absolute Gasteiger partial charge is 0.278 e. The van der Waals surface area contributed by atoms with Gasteiger partial charge in [0.1, 0.15) is 11.7 Å². The van der Waals surface area contributed by atoms with Gasteiger partial charge >= 0.3 is 0 Å². The molecule has 3 rings (SSSR count). The highest BCUT2D eigenvalue weighted by Gasteiger charge is 2.26. The van der Waals surface area contributed by atoms with E-state index in [0.29, 0.717) is 37.9 Å². The van der Waals surface area contributed by atoms with Crippen LogP contribution in [-0.2, 0) is 16.0 Å². The highest BCUT2D eigenvalue weighted by molar-refractivity contribution is 5.98. The molecule has 0 aliphatic rings. The first-order valence-corrected chi connectivity index (χ1v) is 14.0. The number of guanidine groups is 1. The molecule has 0 unspecified atom stereocenters. The van der Waals surface area contributed by atoms with E-state index in [4.69, 9.17) is 0 Å². The molecule has 0 bridgehead atoms. The Bertz CT molecular complexity index is 1230. The fourth-order valence-corrected chi connectivity index (χ4v) is 4.18. The van der Waals surface area contributed by atoms with Crippen molar-refractivity contribution in [1.82, 2.24) is 16.0 Å². The number of H-pyrrole nitrogens is 1. The number of hydrogen-bond acceptors (Lipinski definition) is 3. The Labute approximate surface area is 235 Å². The Balaban J connectivity index is 1.59. The molecule has 11 heteroatoms. The van der Waals surface area contributed by atoms with Crippen molar-refractivity contribution in [2.24, 2.45) is 4.99 Å². The number of aliphatic imine (C=N–C) groups is 1. The summed E-state index contributed by atoms with van der Waals surface area (Å²) in [7, 11) is 0. The summed E-state index contributed by atoms with van der Waals surface area (Å²) in [5.74, 6) is 0.219. The average Bonchev–Trinajstić information content (AvgIpc) is 2.98. The molecular weight excluding hydrogens is 506 g/mol. The number of anilines is 1. The normalized spacial score (nSPS) is 12.3. The summed E-state index contributed by atoms with van der Waals surface area (Å²) in [5.41, 5.74) is 14.5. The third-order valence-corrected chi connectivity index (χ3v) is 6.41. The Hall–Kier alpha value is -4.06. The third-order valence-electron chi connectivity index (χ3n) is 6.41. The van der Waals surface area contributed by atoms with Crippen molar-refractivity contribution < 1.29 is 31.8 Å². The average molecular weight is 552 g/mol. The van der Waals surface area contributed by atoms with Crippen LogP contribution in [0.2, 0.25) is 0 Å². The maximum absolute atomic E-state index is 13.3. The van der Waals surface area contributed by atoms with Gasteiger partial charge < -0.3 is 38.5 Å². The number of aromatic nitrogens is 1. The van der Waals surface area contributed by atoms with Gasteiger partial charge in [0.05, 0.1) is 26.2 Å². The van der Waals surface area contributed by atoms with Crippen LogP contribution in [0, 0.1) is 0 Å². The van der Waals surface area contributed by atoms with Crippen LogP contribution in [0.4, 0.5) is 5.69 Å². The highest BCUT2D eigenvalue weighted by atomic mass is 16.2. The number of quaternary nitrogens is 3. The number of aromatic amines is 1. The van der Waals surface area contributed by atoms with Gasteiger partial charge in [0.25, 0.3) is 5.91 Å². The van der Waals surface area contributed by atoms with E-state index in [9.17, 15) is 9.59 Å². The topological polar surface area (TPSA) is 192 Å². The number of para-hydroxylation sites is 1. The van der Waals surface area contributed by atoms with E-state index < -0.39 is 12.1 Å². The molecular formula is C29H45N9O2+4. The van der Waals surface area contributed by atoms with Crippen LogP contribution in [0.3, 0.4) is 0 Å². The van der Waals surface area contributed by atoms with Crippen LogP contribution in [-0.4, -0.2) is 62.6 Å². The van der Waals surface area contributed by atoms with Crippen molar-refractivity contribution >= 4 is 34.4 Å². The summed E-state index contributed by atoms with van der Waals surface area (Å²) in [6, 6.07) is 18.5. The highest BCUT2D eigenvalue weighted by Crippen LogP contribution is 2.14. The number of nitrogens with one attached hydrogen (secondary N) is 5. The number of carbonyl (C=O) groups is 2. The molecule has 0 saturated carbocycles. The number of benzene rings is 2. The molecule has 1 aromatic heterocycles. The molecule has 214 valence electrons. The lowest BCUT2D eigenvalue weighted by Crippen LogP contribution is -2.68. The largest absolute Gasteiger partial charge is 0.356 e. The van der Waals surface area contributed by atoms with Crippen LogP contribution in [0.25, 0.3) is 10.9 Å². The lowest BCUT2D eigenvalue weighted by molar-refractivity contribution is -0.405. The van der Waals surface area contributed by atoms with Gasteiger partial charge in [0.2, 0.25) is 11.4 Å². The second-order valence-corrected chi connectivity index (χ2v) is 9.68. The summed E-state index contributed by atoms with van der Waals surface area (Å²) < 4.78 is 0. The molecule has 3 aromatic rings. The SMILES string of the molecule is [NH3+]CCNC(=NCCC[C@H]([NH3+])C(=O)N[C@@H](CCc1ccccc1)C(=O)Nc1c[nH+]c2ccccc2c1)NCC[NH3+]. The Morgan fingerprint density at radius 3 is 2.33 bits per heavy atom. The molecule has 0 radical (unpaired) electrons. The quantitative estimate of drug-likeness (QED) is 0.0661. The van der Waals surface area contributed by atoms with Crippen molar-refractivity contribution in [2.75, 3.05) is 38.0 Å². The van der Waals surface area contributed by atoms with E-state index in [2.05, 4.69) is 48.4 Å². The van der Waals surface area contributed by atoms with Crippen molar-refractivity contribution in [3.05, 3.63) is 72.4 Å². The zero-order valence-electron chi connectivity index (χ0n) is 23.3. The van der Waals surface area contributed by atoms with Crippen LogP contribution in [0.1, 0.15) is 24.8 Å². The predicted molar refractivity (Wildman–Crippen MR) is 156 cm³/mol. The van der Waals surface area contributed by atoms with Crippen LogP contribution in [0.15, 0.2) is 71.9 Å². The summed E-state index contributed by atoms with van der Waals surface area (Å²) in [6.07, 6.45) is 4.13. The van der Waals surface area contributed by atoms with Gasteiger partial charge in [-0.3, -0.25) is 14.6 Å². The fraction of sp³-hybridized carbons (Fsp3) is 0.379. The first-order chi connectivity index (χ1) is 19.5. The first-order valence-electron chi connectivity index (χ1n) is 14.0. The van der Waals surface area contributed by atoms with E-state index in [-0.39, 0.29) is 11.8 Å². The third kappa shape index (κ3) is 10.3. The van der Waals surface area contributed by atoms with Gasteiger partial charge in [0.15, 0.2) is 18.2 Å². The lowest BCUT2D eigenvalue weighted by atomic mass is 10.0. The summed E-state index contributed by atoms with van der Waals surface area (Å²) in [5, 5.41) is 13.3. The standard InChI is InChI=1S/C29H41N9O2/c30-14-17-34-29(35-18-15-31)33-16-6-10-24(32)27(39)38-26(13-12-21-7-2-1-3-8-21)28(40)37-23-19-22-9-4-5-11-25(22)36-20-23/h1-5,7-9,11,19-20,24,26H,6,10,12-18,30-32H2,(H,37,40)(H,38,39)(H2,33,34,35)/p+4/t24-,26-/m0/s1. The Morgan fingerprint density at radius 1 is 0.900 bits per heavy atom. The number of rotatable bonds is 15. The minimum absolute atomic E-state index is 0.243. The second kappa shape index (κ2) is 16.8. The van der Waals surface area contributed by atoms with Gasteiger partial charge in [-0.15, -0.1) is 0 Å². The van der Waals surface area contributed by atoms with Crippen LogP contribution in [0.5, 0.6) is 0 Å². The van der Waals surface area contributed by atoms with Crippen molar-refractivity contribution in [3.8, 4) is 0 Å². The molecule has 11 nitrogen and oxygen atoms in total. The van der Waals surface area contributed by atoms with E-state index in [1.807, 2.05) is 60.7 Å². The monoisotopic (exact) mass is 551 g/mol. The first kappa shape index (κ1) is 30.5. The zero-order chi connectivity index (χ0) is 28.6. The number of hydrogen-bond donors (Lipinski definition) is 7. The van der Waals surface area contributed by atoms with Crippen LogP contribution < -0.4 is 43.5 Å². The van der Waals surface area contributed by atoms with E-state index in [1.165, 1.54) is 0 Å². The fourth-order valence-electron chi connectivity index (χ4n) is 4.18. The molecule has 0 fully saturated rings.